The Kier molecular flexibility index (Phi) is 8.63. The first-order chi connectivity index (χ1) is 12.1. The van der Waals surface area contributed by atoms with E-state index in [4.69, 9.17) is 5.73 Å². The van der Waals surface area contributed by atoms with Crippen molar-refractivity contribution in [3.05, 3.63) is 35.4 Å². The summed E-state index contributed by atoms with van der Waals surface area (Å²) in [6.45, 7) is 7.91. The first kappa shape index (κ1) is 21.4. The maximum Gasteiger partial charge on any atom is 0.191 e. The van der Waals surface area contributed by atoms with Crippen molar-refractivity contribution in [2.45, 2.75) is 51.8 Å². The van der Waals surface area contributed by atoms with Crippen molar-refractivity contribution in [2.75, 3.05) is 26.2 Å². The zero-order valence-electron chi connectivity index (χ0n) is 15.8. The van der Waals surface area contributed by atoms with E-state index in [0.29, 0.717) is 18.4 Å². The molecule has 3 N–H and O–H groups in total. The fraction of sp³-hybridized carbons (Fsp3) is 0.650. The smallest absolute Gasteiger partial charge is 0.191 e. The Morgan fingerprint density at radius 1 is 1.12 bits per heavy atom. The maximum atomic E-state index is 9.59. The van der Waals surface area contributed by atoms with Gasteiger partial charge in [-0.25, -0.2) is 4.99 Å². The van der Waals surface area contributed by atoms with Gasteiger partial charge in [-0.1, -0.05) is 31.2 Å². The second kappa shape index (κ2) is 10.5. The molecule has 146 valence electrons. The molecule has 2 fully saturated rings. The first-order valence-corrected chi connectivity index (χ1v) is 9.63. The summed E-state index contributed by atoms with van der Waals surface area (Å²) in [6, 6.07) is 8.69. The van der Waals surface area contributed by atoms with Gasteiger partial charge in [-0.2, -0.15) is 0 Å². The molecule has 2 saturated heterocycles. The average molecular weight is 472 g/mol. The zero-order chi connectivity index (χ0) is 17.6. The van der Waals surface area contributed by atoms with Gasteiger partial charge in [0.05, 0.1) is 12.6 Å². The van der Waals surface area contributed by atoms with Gasteiger partial charge in [0, 0.05) is 32.7 Å². The first-order valence-electron chi connectivity index (χ1n) is 9.63. The van der Waals surface area contributed by atoms with Crippen molar-refractivity contribution in [2.24, 2.45) is 16.6 Å². The minimum Gasteiger partial charge on any atom is -0.393 e. The third kappa shape index (κ3) is 6.39. The Morgan fingerprint density at radius 3 is 2.42 bits per heavy atom. The normalized spacial score (nSPS) is 22.9. The van der Waals surface area contributed by atoms with E-state index in [0.717, 1.165) is 45.6 Å². The van der Waals surface area contributed by atoms with E-state index in [1.54, 1.807) is 0 Å². The standard InChI is InChI=1S/C20H32N4O.HI/c1-16-3-2-10-24(14-16)20(21)22-13-17-4-6-18(7-5-17)15-23-11-8-19(25)9-12-23;/h4-7,16,19,25H,2-3,8-15H2,1H3,(H2,21,22);1H. The zero-order valence-corrected chi connectivity index (χ0v) is 18.1. The third-order valence-corrected chi connectivity index (χ3v) is 5.39. The quantitative estimate of drug-likeness (QED) is 0.402. The molecule has 0 saturated carbocycles. The van der Waals surface area contributed by atoms with Crippen molar-refractivity contribution >= 4 is 29.9 Å². The molecule has 2 heterocycles. The molecule has 6 heteroatoms. The molecule has 0 aromatic heterocycles. The highest BCUT2D eigenvalue weighted by Gasteiger charge is 2.18. The topological polar surface area (TPSA) is 65.1 Å². The van der Waals surface area contributed by atoms with Crippen LogP contribution in [0.1, 0.15) is 43.7 Å². The van der Waals surface area contributed by atoms with Crippen LogP contribution in [0.25, 0.3) is 0 Å². The minimum absolute atomic E-state index is 0. The van der Waals surface area contributed by atoms with Crippen LogP contribution in [0, 0.1) is 5.92 Å². The van der Waals surface area contributed by atoms with Crippen LogP contribution >= 0.6 is 24.0 Å². The van der Waals surface area contributed by atoms with E-state index < -0.39 is 0 Å². The highest BCUT2D eigenvalue weighted by atomic mass is 127. The molecule has 0 aliphatic carbocycles. The van der Waals surface area contributed by atoms with Gasteiger partial charge in [0.2, 0.25) is 0 Å². The molecular weight excluding hydrogens is 439 g/mol. The Balaban J connectivity index is 0.00000243. The Morgan fingerprint density at radius 2 is 1.77 bits per heavy atom. The fourth-order valence-corrected chi connectivity index (χ4v) is 3.76. The van der Waals surface area contributed by atoms with Gasteiger partial charge < -0.3 is 15.7 Å². The van der Waals surface area contributed by atoms with Crippen LogP contribution in [0.5, 0.6) is 0 Å². The Labute approximate surface area is 174 Å². The second-order valence-corrected chi connectivity index (χ2v) is 7.69. The highest BCUT2D eigenvalue weighted by Crippen LogP contribution is 2.16. The molecule has 0 amide bonds. The summed E-state index contributed by atoms with van der Waals surface area (Å²) in [6.07, 6.45) is 4.17. The van der Waals surface area contributed by atoms with Crippen LogP contribution in [-0.4, -0.2) is 53.1 Å². The molecule has 0 bridgehead atoms. The molecule has 1 aromatic carbocycles. The molecule has 1 aromatic rings. The number of nitrogens with two attached hydrogens (primary N) is 1. The SMILES string of the molecule is CC1CCCN(C(N)=NCc2ccc(CN3CCC(O)CC3)cc2)C1.I. The lowest BCUT2D eigenvalue weighted by molar-refractivity contribution is 0.0792. The van der Waals surface area contributed by atoms with Gasteiger partial charge in [0.25, 0.3) is 0 Å². The summed E-state index contributed by atoms with van der Waals surface area (Å²) in [5, 5.41) is 9.59. The number of rotatable bonds is 4. The maximum absolute atomic E-state index is 9.59. The summed E-state index contributed by atoms with van der Waals surface area (Å²) in [5.74, 6) is 1.39. The molecule has 0 spiro atoms. The van der Waals surface area contributed by atoms with Gasteiger partial charge in [-0.05, 0) is 42.7 Å². The van der Waals surface area contributed by atoms with E-state index in [-0.39, 0.29) is 30.1 Å². The van der Waals surface area contributed by atoms with Crippen molar-refractivity contribution in [3.8, 4) is 0 Å². The molecule has 3 rings (SSSR count). The molecule has 2 aliphatic rings. The largest absolute Gasteiger partial charge is 0.393 e. The number of halogens is 1. The second-order valence-electron chi connectivity index (χ2n) is 7.69. The molecule has 0 radical (unpaired) electrons. The van der Waals surface area contributed by atoms with Crippen LogP contribution in [0.2, 0.25) is 0 Å². The van der Waals surface area contributed by atoms with Crippen LogP contribution in [0.15, 0.2) is 29.3 Å². The highest BCUT2D eigenvalue weighted by molar-refractivity contribution is 14.0. The van der Waals surface area contributed by atoms with Crippen molar-refractivity contribution in [1.82, 2.24) is 9.80 Å². The number of aliphatic hydroxyl groups is 1. The van der Waals surface area contributed by atoms with Crippen molar-refractivity contribution < 1.29 is 5.11 Å². The lowest BCUT2D eigenvalue weighted by atomic mass is 10.0. The van der Waals surface area contributed by atoms with E-state index in [9.17, 15) is 5.11 Å². The van der Waals surface area contributed by atoms with E-state index in [1.807, 2.05) is 0 Å². The number of nitrogens with zero attached hydrogens (tertiary/aromatic N) is 3. The number of hydrogen-bond donors (Lipinski definition) is 2. The van der Waals surface area contributed by atoms with Gasteiger partial charge in [0.15, 0.2) is 5.96 Å². The number of benzene rings is 1. The summed E-state index contributed by atoms with van der Waals surface area (Å²) in [7, 11) is 0. The summed E-state index contributed by atoms with van der Waals surface area (Å²) in [4.78, 5) is 9.22. The summed E-state index contributed by atoms with van der Waals surface area (Å²) < 4.78 is 0. The van der Waals surface area contributed by atoms with Crippen molar-refractivity contribution in [1.29, 1.82) is 0 Å². The van der Waals surface area contributed by atoms with E-state index >= 15 is 0 Å². The predicted molar refractivity (Wildman–Crippen MR) is 118 cm³/mol. The van der Waals surface area contributed by atoms with E-state index in [2.05, 4.69) is 46.0 Å². The van der Waals surface area contributed by atoms with Gasteiger partial charge in [0.1, 0.15) is 0 Å². The number of guanidine groups is 1. The summed E-state index contributed by atoms with van der Waals surface area (Å²) in [5.41, 5.74) is 8.69. The summed E-state index contributed by atoms with van der Waals surface area (Å²) >= 11 is 0. The van der Waals surface area contributed by atoms with Crippen LogP contribution in [0.3, 0.4) is 0 Å². The number of hydrogen-bond acceptors (Lipinski definition) is 3. The third-order valence-electron chi connectivity index (χ3n) is 5.39. The number of aliphatic hydroxyl groups excluding tert-OH is 1. The minimum atomic E-state index is -0.107. The van der Waals surface area contributed by atoms with Gasteiger partial charge in [-0.3, -0.25) is 4.90 Å². The van der Waals surface area contributed by atoms with Gasteiger partial charge >= 0.3 is 0 Å². The molecule has 1 unspecified atom stereocenters. The molecule has 1 atom stereocenters. The number of aliphatic imine (C=N–C) groups is 1. The Hall–Kier alpha value is -0.860. The predicted octanol–water partition coefficient (Wildman–Crippen LogP) is 2.81. The van der Waals surface area contributed by atoms with Crippen LogP contribution in [0.4, 0.5) is 0 Å². The molecule has 2 aliphatic heterocycles. The lowest BCUT2D eigenvalue weighted by Crippen LogP contribution is -2.43. The monoisotopic (exact) mass is 472 g/mol. The van der Waals surface area contributed by atoms with Crippen LogP contribution in [-0.2, 0) is 13.1 Å². The number of likely N-dealkylation sites (tertiary alicyclic amines) is 2. The molecular formula is C20H33IN4O. The molecule has 26 heavy (non-hydrogen) atoms. The molecule has 5 nitrogen and oxygen atoms in total. The van der Waals surface area contributed by atoms with Gasteiger partial charge in [-0.15, -0.1) is 24.0 Å². The average Bonchev–Trinajstić information content (AvgIpc) is 2.63. The van der Waals surface area contributed by atoms with Crippen molar-refractivity contribution in [3.63, 3.8) is 0 Å². The Bertz CT molecular complexity index is 570. The lowest BCUT2D eigenvalue weighted by Gasteiger charge is -2.31. The fourth-order valence-electron chi connectivity index (χ4n) is 3.76. The number of piperidine rings is 2. The van der Waals surface area contributed by atoms with E-state index in [1.165, 1.54) is 24.0 Å². The van der Waals surface area contributed by atoms with Crippen LogP contribution < -0.4 is 5.73 Å².